The largest absolute Gasteiger partial charge is 0.394 e. The summed E-state index contributed by atoms with van der Waals surface area (Å²) < 4.78 is 11.3. The van der Waals surface area contributed by atoms with Crippen LogP contribution in [0.25, 0.3) is 0 Å². The van der Waals surface area contributed by atoms with Crippen molar-refractivity contribution in [3.8, 4) is 0 Å². The first-order chi connectivity index (χ1) is 39.3. The summed E-state index contributed by atoms with van der Waals surface area (Å²) in [5, 5.41) is 54.7. The molecule has 80 heavy (non-hydrogen) atoms. The minimum atomic E-state index is -1.58. The SMILES string of the molecule is CCCCCCCCCC/C=C\CCCCCCCCCCCCCCCCCCCCCCCC(=O)NC(COC1OC(CO)C(O)C(O)C1O)C(O)/C=C/CC/C=C/CC/C=C/CCCCCCCCCCCCCCCC. The van der Waals surface area contributed by atoms with E-state index in [9.17, 15) is 30.3 Å². The van der Waals surface area contributed by atoms with E-state index >= 15 is 0 Å². The fourth-order valence-corrected chi connectivity index (χ4v) is 11.1. The monoisotopic (exact) mass is 1130 g/mol. The average molecular weight is 1130 g/mol. The smallest absolute Gasteiger partial charge is 0.220 e. The molecule has 0 radical (unpaired) electrons. The summed E-state index contributed by atoms with van der Waals surface area (Å²) in [7, 11) is 0. The fourth-order valence-electron chi connectivity index (χ4n) is 11.1. The summed E-state index contributed by atoms with van der Waals surface area (Å²) in [5.74, 6) is -0.185. The lowest BCUT2D eigenvalue weighted by Gasteiger charge is -2.40. The number of hydrogen-bond donors (Lipinski definition) is 6. The Bertz CT molecular complexity index is 1400. The number of carbonyl (C=O) groups excluding carboxylic acids is 1. The van der Waals surface area contributed by atoms with Crippen molar-refractivity contribution in [1.82, 2.24) is 5.32 Å². The van der Waals surface area contributed by atoms with Crippen LogP contribution in [0.3, 0.4) is 0 Å². The molecule has 1 heterocycles. The van der Waals surface area contributed by atoms with E-state index in [0.717, 1.165) is 44.9 Å². The van der Waals surface area contributed by atoms with Crippen molar-refractivity contribution in [2.45, 2.75) is 384 Å². The van der Waals surface area contributed by atoms with Gasteiger partial charge in [0.05, 0.1) is 25.4 Å². The molecule has 6 N–H and O–H groups in total. The first-order valence-corrected chi connectivity index (χ1v) is 34.9. The molecular formula is C71H133NO8. The van der Waals surface area contributed by atoms with Crippen LogP contribution in [0, 0.1) is 0 Å². The zero-order valence-corrected chi connectivity index (χ0v) is 52.6. The molecule has 1 saturated heterocycles. The first kappa shape index (κ1) is 76.2. The number of aliphatic hydroxyl groups excluding tert-OH is 5. The molecule has 1 fully saturated rings. The second kappa shape index (κ2) is 60.3. The molecule has 7 unspecified atom stereocenters. The molecule has 0 spiro atoms. The van der Waals surface area contributed by atoms with Gasteiger partial charge in [-0.3, -0.25) is 4.79 Å². The number of allylic oxidation sites excluding steroid dienone is 7. The van der Waals surface area contributed by atoms with Crippen molar-refractivity contribution in [2.75, 3.05) is 13.2 Å². The second-order valence-electron chi connectivity index (χ2n) is 24.3. The number of carbonyl (C=O) groups is 1. The number of hydrogen-bond acceptors (Lipinski definition) is 8. The van der Waals surface area contributed by atoms with Crippen LogP contribution < -0.4 is 5.32 Å². The van der Waals surface area contributed by atoms with E-state index in [1.54, 1.807) is 6.08 Å². The van der Waals surface area contributed by atoms with Crippen LogP contribution in [0.5, 0.6) is 0 Å². The topological polar surface area (TPSA) is 149 Å². The van der Waals surface area contributed by atoms with Crippen LogP contribution in [-0.2, 0) is 14.3 Å². The van der Waals surface area contributed by atoms with Gasteiger partial charge in [0, 0.05) is 6.42 Å². The summed E-state index contributed by atoms with van der Waals surface area (Å²) in [5.41, 5.74) is 0. The van der Waals surface area contributed by atoms with Crippen molar-refractivity contribution in [3.05, 3.63) is 48.6 Å². The van der Waals surface area contributed by atoms with Gasteiger partial charge in [0.25, 0.3) is 0 Å². The van der Waals surface area contributed by atoms with Gasteiger partial charge in [-0.1, -0.05) is 313 Å². The van der Waals surface area contributed by atoms with E-state index in [1.807, 2.05) is 6.08 Å². The summed E-state index contributed by atoms with van der Waals surface area (Å²) in [4.78, 5) is 13.1. The highest BCUT2D eigenvalue weighted by Crippen LogP contribution is 2.23. The Kier molecular flexibility index (Phi) is 57.4. The van der Waals surface area contributed by atoms with Crippen LogP contribution >= 0.6 is 0 Å². The number of ether oxygens (including phenoxy) is 2. The van der Waals surface area contributed by atoms with E-state index in [1.165, 1.54) is 276 Å². The Labute approximate surface area is 494 Å². The molecule has 1 rings (SSSR count). The van der Waals surface area contributed by atoms with Crippen LogP contribution in [0.15, 0.2) is 48.6 Å². The molecule has 0 bridgehead atoms. The number of unbranched alkanes of at least 4 members (excludes halogenated alkanes) is 45. The zero-order chi connectivity index (χ0) is 57.9. The van der Waals surface area contributed by atoms with Gasteiger partial charge in [0.1, 0.15) is 24.4 Å². The molecule has 0 aliphatic carbocycles. The summed E-state index contributed by atoms with van der Waals surface area (Å²) in [6.45, 7) is 3.80. The normalized spacial score (nSPS) is 18.7. The number of amides is 1. The van der Waals surface area contributed by atoms with Gasteiger partial charge in [-0.05, 0) is 70.6 Å². The maximum absolute atomic E-state index is 13.1. The van der Waals surface area contributed by atoms with Gasteiger partial charge in [-0.25, -0.2) is 0 Å². The van der Waals surface area contributed by atoms with Crippen LogP contribution in [-0.4, -0.2) is 87.5 Å². The van der Waals surface area contributed by atoms with Crippen molar-refractivity contribution >= 4 is 5.91 Å². The van der Waals surface area contributed by atoms with Gasteiger partial charge in [0.15, 0.2) is 6.29 Å². The van der Waals surface area contributed by atoms with Crippen molar-refractivity contribution in [2.24, 2.45) is 0 Å². The molecule has 9 nitrogen and oxygen atoms in total. The third kappa shape index (κ3) is 48.5. The predicted molar refractivity (Wildman–Crippen MR) is 341 cm³/mol. The second-order valence-corrected chi connectivity index (χ2v) is 24.3. The Hall–Kier alpha value is -1.85. The first-order valence-electron chi connectivity index (χ1n) is 34.9. The Morgan fingerprint density at radius 3 is 1.05 bits per heavy atom. The van der Waals surface area contributed by atoms with E-state index in [4.69, 9.17) is 9.47 Å². The molecule has 0 aromatic carbocycles. The highest BCUT2D eigenvalue weighted by Gasteiger charge is 2.44. The van der Waals surface area contributed by atoms with Gasteiger partial charge in [0.2, 0.25) is 5.91 Å². The molecule has 0 saturated carbocycles. The van der Waals surface area contributed by atoms with E-state index in [2.05, 4.69) is 55.6 Å². The fraction of sp³-hybridized carbons (Fsp3) is 0.873. The molecule has 470 valence electrons. The lowest BCUT2D eigenvalue weighted by molar-refractivity contribution is -0.302. The van der Waals surface area contributed by atoms with E-state index in [-0.39, 0.29) is 12.5 Å². The van der Waals surface area contributed by atoms with Gasteiger partial charge < -0.3 is 40.3 Å². The predicted octanol–water partition coefficient (Wildman–Crippen LogP) is 18.8. The lowest BCUT2D eigenvalue weighted by atomic mass is 9.99. The highest BCUT2D eigenvalue weighted by atomic mass is 16.7. The number of rotatable bonds is 61. The van der Waals surface area contributed by atoms with Gasteiger partial charge in [-0.15, -0.1) is 0 Å². The summed E-state index contributed by atoms with van der Waals surface area (Å²) in [6.07, 6.45) is 75.1. The third-order valence-electron chi connectivity index (χ3n) is 16.6. The minimum absolute atomic E-state index is 0.185. The van der Waals surface area contributed by atoms with Crippen LogP contribution in [0.4, 0.5) is 0 Å². The summed E-state index contributed by atoms with van der Waals surface area (Å²) >= 11 is 0. The number of nitrogens with one attached hydrogen (secondary N) is 1. The third-order valence-corrected chi connectivity index (χ3v) is 16.6. The molecule has 0 aromatic heterocycles. The minimum Gasteiger partial charge on any atom is -0.394 e. The van der Waals surface area contributed by atoms with Crippen LogP contribution in [0.2, 0.25) is 0 Å². The lowest BCUT2D eigenvalue weighted by Crippen LogP contribution is -2.60. The highest BCUT2D eigenvalue weighted by molar-refractivity contribution is 5.76. The molecule has 7 atom stereocenters. The van der Waals surface area contributed by atoms with E-state index < -0.39 is 49.5 Å². The quantitative estimate of drug-likeness (QED) is 0.0261. The standard InChI is InChI=1S/C71H133NO8/c1-3-5-7-9-11-13-15-17-19-21-23-25-27-29-30-31-32-33-34-35-36-37-39-41-43-45-47-49-51-53-55-57-59-61-67(75)72-64(63-79-71-70(78)69(77)68(76)66(62-73)80-71)65(74)60-58-56-54-52-50-48-46-44-42-40-38-28-26-24-22-20-18-16-14-12-10-8-6-4-2/h21,23,42,44,50,52,58,60,64-66,68-71,73-74,76-78H,3-20,22,24-41,43,45-49,51,53-57,59,61-63H2,1-2H3,(H,72,75)/b23-21-,44-42+,52-50+,60-58+. The number of aliphatic hydroxyl groups is 5. The molecular weight excluding hydrogens is 995 g/mol. The zero-order valence-electron chi connectivity index (χ0n) is 52.6. The molecule has 1 aliphatic heterocycles. The van der Waals surface area contributed by atoms with E-state index in [0.29, 0.717) is 6.42 Å². The molecule has 1 amide bonds. The molecule has 0 aromatic rings. The molecule has 1 aliphatic rings. The summed E-state index contributed by atoms with van der Waals surface area (Å²) in [6, 6.07) is -0.829. The maximum Gasteiger partial charge on any atom is 0.220 e. The maximum atomic E-state index is 13.1. The van der Waals surface area contributed by atoms with Crippen LogP contribution in [0.1, 0.15) is 341 Å². The Morgan fingerprint density at radius 2 is 0.713 bits per heavy atom. The van der Waals surface area contributed by atoms with Crippen molar-refractivity contribution in [1.29, 1.82) is 0 Å². The molecule has 9 heteroatoms. The van der Waals surface area contributed by atoms with Gasteiger partial charge >= 0.3 is 0 Å². The average Bonchev–Trinajstić information content (AvgIpc) is 3.46. The van der Waals surface area contributed by atoms with Crippen molar-refractivity contribution in [3.63, 3.8) is 0 Å². The Balaban J connectivity index is 2.14. The van der Waals surface area contributed by atoms with Crippen molar-refractivity contribution < 1.29 is 39.8 Å². The Morgan fingerprint density at radius 1 is 0.412 bits per heavy atom. The van der Waals surface area contributed by atoms with Gasteiger partial charge in [-0.2, -0.15) is 0 Å².